The Morgan fingerprint density at radius 2 is 0.958 bits per heavy atom. The fourth-order valence-electron chi connectivity index (χ4n) is 4.44. The predicted molar refractivity (Wildman–Crippen MR) is 98.6 cm³/mol. The van der Waals surface area contributed by atoms with E-state index in [-0.39, 0.29) is 11.8 Å². The van der Waals surface area contributed by atoms with E-state index in [1.54, 1.807) is 0 Å². The first-order valence-corrected chi connectivity index (χ1v) is 8.40. The number of carbonyl (C=O) groups excluding carboxylic acids is 1. The quantitative estimate of drug-likeness (QED) is 0.311. The minimum absolute atomic E-state index is 0.0123. The lowest BCUT2D eigenvalue weighted by atomic mass is 9.91. The standard InChI is InChI=1S/C23H14O/c24-23-19-5-6-20(23)22-12-18-10-16-8-14-4-2-1-3-13(14)7-15(16)9-17(18)11-21(19)22/h1-12,19-20H/t19-,20?/m1/s1. The van der Waals surface area contributed by atoms with E-state index in [4.69, 9.17) is 0 Å². The molecule has 0 fully saturated rings. The number of rotatable bonds is 0. The van der Waals surface area contributed by atoms with E-state index in [1.165, 1.54) is 43.4 Å². The molecule has 0 saturated carbocycles. The maximum atomic E-state index is 12.3. The SMILES string of the molecule is O=C1C2C=C[C@@H]1c1cc3cc4cc5ccccc5cc4cc3cc12. The zero-order valence-corrected chi connectivity index (χ0v) is 13.0. The number of hydrogen-bond acceptors (Lipinski definition) is 1. The van der Waals surface area contributed by atoms with Crippen molar-refractivity contribution in [1.29, 1.82) is 0 Å². The van der Waals surface area contributed by atoms with Gasteiger partial charge in [0.05, 0.1) is 11.8 Å². The number of benzene rings is 4. The van der Waals surface area contributed by atoms with E-state index < -0.39 is 0 Å². The van der Waals surface area contributed by atoms with Crippen LogP contribution in [0.25, 0.3) is 32.3 Å². The van der Waals surface area contributed by atoms with E-state index in [0.717, 1.165) is 0 Å². The number of carbonyl (C=O) groups is 1. The summed E-state index contributed by atoms with van der Waals surface area (Å²) >= 11 is 0. The lowest BCUT2D eigenvalue weighted by Crippen LogP contribution is -2.00. The van der Waals surface area contributed by atoms with Gasteiger partial charge >= 0.3 is 0 Å². The Kier molecular flexibility index (Phi) is 2.15. The van der Waals surface area contributed by atoms with Crippen molar-refractivity contribution in [3.63, 3.8) is 0 Å². The smallest absolute Gasteiger partial charge is 0.155 e. The van der Waals surface area contributed by atoms with E-state index in [2.05, 4.69) is 72.8 Å². The van der Waals surface area contributed by atoms with Crippen LogP contribution in [0.4, 0.5) is 0 Å². The lowest BCUT2D eigenvalue weighted by molar-refractivity contribution is -0.118. The van der Waals surface area contributed by atoms with Crippen LogP contribution in [-0.4, -0.2) is 5.78 Å². The van der Waals surface area contributed by atoms with E-state index in [1.807, 2.05) is 0 Å². The first kappa shape index (κ1) is 12.5. The molecule has 4 aromatic carbocycles. The van der Waals surface area contributed by atoms with Crippen LogP contribution in [0, 0.1) is 0 Å². The van der Waals surface area contributed by atoms with Crippen molar-refractivity contribution in [1.82, 2.24) is 0 Å². The second-order valence-corrected chi connectivity index (χ2v) is 6.97. The van der Waals surface area contributed by atoms with Gasteiger partial charge in [0, 0.05) is 0 Å². The van der Waals surface area contributed by atoms with E-state index >= 15 is 0 Å². The molecule has 0 radical (unpaired) electrons. The zero-order valence-electron chi connectivity index (χ0n) is 13.0. The number of ketones is 1. The largest absolute Gasteiger partial charge is 0.298 e. The average molecular weight is 306 g/mol. The van der Waals surface area contributed by atoms with Gasteiger partial charge in [0.1, 0.15) is 0 Å². The second-order valence-electron chi connectivity index (χ2n) is 6.97. The Morgan fingerprint density at radius 3 is 1.46 bits per heavy atom. The highest BCUT2D eigenvalue weighted by Gasteiger charge is 2.40. The molecule has 0 amide bonds. The van der Waals surface area contributed by atoms with E-state index in [0.29, 0.717) is 5.78 Å². The molecule has 0 spiro atoms. The number of hydrogen-bond donors (Lipinski definition) is 0. The summed E-state index contributed by atoms with van der Waals surface area (Å²) < 4.78 is 0. The van der Waals surface area contributed by atoms with Crippen LogP contribution in [0.3, 0.4) is 0 Å². The fraction of sp³-hybridized carbons (Fsp3) is 0.0870. The minimum atomic E-state index is -0.0123. The van der Waals surface area contributed by atoms with Crippen molar-refractivity contribution >= 4 is 38.1 Å². The lowest BCUT2D eigenvalue weighted by Gasteiger charge is -2.12. The molecule has 112 valence electrons. The molecule has 1 nitrogen and oxygen atoms in total. The molecule has 2 bridgehead atoms. The Morgan fingerprint density at radius 1 is 0.542 bits per heavy atom. The summed E-state index contributed by atoms with van der Waals surface area (Å²) in [6.45, 7) is 0. The van der Waals surface area contributed by atoms with Gasteiger partial charge in [-0.25, -0.2) is 0 Å². The first-order chi connectivity index (χ1) is 11.8. The summed E-state index contributed by atoms with van der Waals surface area (Å²) in [5.41, 5.74) is 2.42. The third-order valence-corrected chi connectivity index (χ3v) is 5.64. The number of fused-ring (bicyclic) bond motifs is 8. The van der Waals surface area contributed by atoms with Crippen LogP contribution in [0.15, 0.2) is 72.8 Å². The summed E-state index contributed by atoms with van der Waals surface area (Å²) in [7, 11) is 0. The van der Waals surface area contributed by atoms with Crippen LogP contribution in [0.5, 0.6) is 0 Å². The van der Waals surface area contributed by atoms with Crippen LogP contribution in [0.2, 0.25) is 0 Å². The van der Waals surface area contributed by atoms with Gasteiger partial charge in [0.15, 0.2) is 5.78 Å². The molecular weight excluding hydrogens is 292 g/mol. The fourth-order valence-corrected chi connectivity index (χ4v) is 4.44. The molecule has 0 saturated heterocycles. The number of allylic oxidation sites excluding steroid dienone is 2. The molecule has 1 unspecified atom stereocenters. The van der Waals surface area contributed by atoms with Crippen LogP contribution in [0.1, 0.15) is 23.0 Å². The summed E-state index contributed by atoms with van der Waals surface area (Å²) in [6.07, 6.45) is 4.13. The summed E-state index contributed by atoms with van der Waals surface area (Å²) in [5, 5.41) is 7.50. The van der Waals surface area contributed by atoms with Crippen molar-refractivity contribution in [2.75, 3.05) is 0 Å². The van der Waals surface area contributed by atoms with Gasteiger partial charge in [-0.3, -0.25) is 4.79 Å². The highest BCUT2D eigenvalue weighted by molar-refractivity contribution is 6.08. The van der Waals surface area contributed by atoms with Gasteiger partial charge in [-0.1, -0.05) is 36.4 Å². The molecule has 4 aromatic rings. The van der Waals surface area contributed by atoms with Crippen LogP contribution in [-0.2, 0) is 4.79 Å². The Bertz CT molecular complexity index is 1140. The highest BCUT2D eigenvalue weighted by Crippen LogP contribution is 2.47. The van der Waals surface area contributed by atoms with Gasteiger partial charge in [0.25, 0.3) is 0 Å². The summed E-state index contributed by atoms with van der Waals surface area (Å²) in [4.78, 5) is 12.3. The van der Waals surface area contributed by atoms with E-state index in [9.17, 15) is 4.79 Å². The maximum absolute atomic E-state index is 12.3. The molecule has 6 rings (SSSR count). The molecule has 0 aliphatic heterocycles. The molecule has 2 aliphatic carbocycles. The van der Waals surface area contributed by atoms with Gasteiger partial charge in [-0.15, -0.1) is 0 Å². The van der Waals surface area contributed by atoms with Crippen LogP contribution < -0.4 is 0 Å². The Hall–Kier alpha value is -2.93. The predicted octanol–water partition coefficient (Wildman–Crippen LogP) is 5.47. The molecular formula is C23H14O. The van der Waals surface area contributed by atoms with Crippen molar-refractivity contribution in [2.24, 2.45) is 0 Å². The topological polar surface area (TPSA) is 17.1 Å². The monoisotopic (exact) mass is 306 g/mol. The maximum Gasteiger partial charge on any atom is 0.155 e. The molecule has 2 atom stereocenters. The summed E-state index contributed by atoms with van der Waals surface area (Å²) in [5.74, 6) is 0.319. The molecule has 0 aromatic heterocycles. The summed E-state index contributed by atoms with van der Waals surface area (Å²) in [6, 6.07) is 22.0. The highest BCUT2D eigenvalue weighted by atomic mass is 16.1. The average Bonchev–Trinajstić information content (AvgIpc) is 3.09. The van der Waals surface area contributed by atoms with Gasteiger partial charge < -0.3 is 0 Å². The van der Waals surface area contributed by atoms with Crippen molar-refractivity contribution < 1.29 is 4.79 Å². The zero-order chi connectivity index (χ0) is 15.8. The molecule has 2 aliphatic rings. The third-order valence-electron chi connectivity index (χ3n) is 5.64. The van der Waals surface area contributed by atoms with Gasteiger partial charge in [-0.2, -0.15) is 0 Å². The molecule has 0 heterocycles. The number of Topliss-reactive ketones (excluding diaryl/α,β-unsaturated/α-hetero) is 1. The van der Waals surface area contributed by atoms with Gasteiger partial charge in [0.2, 0.25) is 0 Å². The first-order valence-electron chi connectivity index (χ1n) is 8.40. The molecule has 24 heavy (non-hydrogen) atoms. The Balaban J connectivity index is 1.69. The van der Waals surface area contributed by atoms with Crippen molar-refractivity contribution in [3.8, 4) is 0 Å². The third kappa shape index (κ3) is 1.47. The van der Waals surface area contributed by atoms with Crippen molar-refractivity contribution in [2.45, 2.75) is 11.8 Å². The second kappa shape index (κ2) is 4.12. The van der Waals surface area contributed by atoms with Crippen LogP contribution >= 0.6 is 0 Å². The molecule has 1 heteroatoms. The van der Waals surface area contributed by atoms with Gasteiger partial charge in [-0.05, 0) is 79.8 Å². The molecule has 0 N–H and O–H groups in total. The van der Waals surface area contributed by atoms with Crippen molar-refractivity contribution in [3.05, 3.63) is 83.9 Å². The normalized spacial score (nSPS) is 21.2. The minimum Gasteiger partial charge on any atom is -0.298 e. The Labute approximate surface area is 139 Å².